The summed E-state index contributed by atoms with van der Waals surface area (Å²) in [7, 11) is -1.39. The zero-order valence-corrected chi connectivity index (χ0v) is 6.39. The van der Waals surface area contributed by atoms with Gasteiger partial charge in [0, 0.05) is 6.17 Å². The van der Waals surface area contributed by atoms with Crippen LogP contribution in [0.4, 0.5) is 0 Å². The normalized spacial score (nSPS) is 10.9. The standard InChI is InChI=1S/C5H11NO2Si/c1-3-4-9(7,8)5-6-2/h1,6-8H,4-5H2,2H3. The second-order valence-electron chi connectivity index (χ2n) is 1.89. The van der Waals surface area contributed by atoms with Crippen molar-refractivity contribution >= 4 is 8.56 Å². The van der Waals surface area contributed by atoms with Gasteiger partial charge in [-0.25, -0.2) is 0 Å². The van der Waals surface area contributed by atoms with Crippen molar-refractivity contribution in [1.82, 2.24) is 5.32 Å². The van der Waals surface area contributed by atoms with Crippen LogP contribution in [-0.4, -0.2) is 31.4 Å². The highest BCUT2D eigenvalue weighted by Gasteiger charge is 2.26. The van der Waals surface area contributed by atoms with Crippen LogP contribution in [0.25, 0.3) is 0 Å². The quantitative estimate of drug-likeness (QED) is 0.345. The van der Waals surface area contributed by atoms with Gasteiger partial charge in [0.15, 0.2) is 0 Å². The smallest absolute Gasteiger partial charge is 0.359 e. The Morgan fingerprint density at radius 2 is 2.22 bits per heavy atom. The lowest BCUT2D eigenvalue weighted by molar-refractivity contribution is 0.361. The molecule has 0 saturated heterocycles. The van der Waals surface area contributed by atoms with E-state index in [4.69, 9.17) is 16.0 Å². The minimum Gasteiger partial charge on any atom is -0.409 e. The molecule has 3 N–H and O–H groups in total. The number of hydrogen-bond donors (Lipinski definition) is 3. The van der Waals surface area contributed by atoms with Gasteiger partial charge in [-0.1, -0.05) is 0 Å². The molecule has 0 aliphatic heterocycles. The molecule has 0 bridgehead atoms. The van der Waals surface area contributed by atoms with E-state index in [1.165, 1.54) is 0 Å². The third-order valence-electron chi connectivity index (χ3n) is 0.845. The molecule has 0 amide bonds. The Balaban J connectivity index is 3.59. The number of nitrogens with one attached hydrogen (secondary N) is 1. The highest BCUT2D eigenvalue weighted by molar-refractivity contribution is 6.65. The molecule has 0 heterocycles. The molecule has 0 aromatic heterocycles. The first-order valence-corrected chi connectivity index (χ1v) is 4.96. The molecular weight excluding hydrogens is 134 g/mol. The van der Waals surface area contributed by atoms with Gasteiger partial charge in [0.1, 0.15) is 0 Å². The molecule has 0 aromatic carbocycles. The third kappa shape index (κ3) is 4.18. The van der Waals surface area contributed by atoms with Crippen molar-refractivity contribution in [2.24, 2.45) is 0 Å². The first kappa shape index (κ1) is 8.66. The lowest BCUT2D eigenvalue weighted by atomic mass is 10.8. The van der Waals surface area contributed by atoms with E-state index in [0.717, 1.165) is 0 Å². The second kappa shape index (κ2) is 3.64. The molecule has 0 spiro atoms. The Kier molecular flexibility index (Phi) is 3.50. The van der Waals surface area contributed by atoms with Crippen LogP contribution in [0.3, 0.4) is 0 Å². The predicted molar refractivity (Wildman–Crippen MR) is 37.8 cm³/mol. The van der Waals surface area contributed by atoms with Crippen LogP contribution in [0.1, 0.15) is 0 Å². The van der Waals surface area contributed by atoms with Gasteiger partial charge >= 0.3 is 8.56 Å². The van der Waals surface area contributed by atoms with E-state index in [1.54, 1.807) is 7.05 Å². The summed E-state index contributed by atoms with van der Waals surface area (Å²) in [4.78, 5) is 18.0. The summed E-state index contributed by atoms with van der Waals surface area (Å²) in [6.45, 7) is 0. The highest BCUT2D eigenvalue weighted by atomic mass is 28.4. The van der Waals surface area contributed by atoms with Gasteiger partial charge < -0.3 is 14.9 Å². The van der Waals surface area contributed by atoms with Crippen molar-refractivity contribution in [1.29, 1.82) is 0 Å². The minimum absolute atomic E-state index is 0.0911. The largest absolute Gasteiger partial charge is 0.409 e. The van der Waals surface area contributed by atoms with Crippen LogP contribution in [0.5, 0.6) is 0 Å². The molecule has 0 rings (SSSR count). The van der Waals surface area contributed by atoms with Crippen LogP contribution in [0.2, 0.25) is 6.04 Å². The Morgan fingerprint density at radius 3 is 2.56 bits per heavy atom. The number of rotatable bonds is 3. The van der Waals surface area contributed by atoms with Gasteiger partial charge in [0.25, 0.3) is 0 Å². The fourth-order valence-corrected chi connectivity index (χ4v) is 1.53. The molecule has 0 fully saturated rings. The van der Waals surface area contributed by atoms with Crippen LogP contribution >= 0.6 is 0 Å². The maximum atomic E-state index is 9.00. The fraction of sp³-hybridized carbons (Fsp3) is 0.600. The van der Waals surface area contributed by atoms with Crippen LogP contribution in [0, 0.1) is 12.3 Å². The maximum Gasteiger partial charge on any atom is 0.359 e. The topological polar surface area (TPSA) is 52.5 Å². The Labute approximate surface area is 56.0 Å². The van der Waals surface area contributed by atoms with E-state index in [1.807, 2.05) is 0 Å². The molecular formula is C5H11NO2Si. The molecule has 0 unspecified atom stereocenters. The predicted octanol–water partition coefficient (Wildman–Crippen LogP) is -1.20. The summed E-state index contributed by atoms with van der Waals surface area (Å²) in [5.74, 6) is 2.21. The average molecular weight is 145 g/mol. The van der Waals surface area contributed by atoms with Gasteiger partial charge in [0.05, 0.1) is 6.04 Å². The van der Waals surface area contributed by atoms with E-state index in [0.29, 0.717) is 0 Å². The summed E-state index contributed by atoms with van der Waals surface area (Å²) in [5.41, 5.74) is 0. The van der Waals surface area contributed by atoms with Crippen molar-refractivity contribution in [3.8, 4) is 12.3 Å². The molecule has 0 aliphatic carbocycles. The van der Waals surface area contributed by atoms with Crippen molar-refractivity contribution in [2.45, 2.75) is 6.04 Å². The number of hydrogen-bond acceptors (Lipinski definition) is 3. The molecule has 9 heavy (non-hydrogen) atoms. The van der Waals surface area contributed by atoms with Crippen molar-refractivity contribution in [3.05, 3.63) is 0 Å². The summed E-state index contributed by atoms with van der Waals surface area (Å²) in [6.07, 6.45) is 5.12. The van der Waals surface area contributed by atoms with E-state index in [2.05, 4.69) is 11.2 Å². The van der Waals surface area contributed by atoms with Crippen LogP contribution < -0.4 is 5.32 Å². The highest BCUT2D eigenvalue weighted by Crippen LogP contribution is 1.96. The third-order valence-corrected chi connectivity index (χ3v) is 2.54. The fourth-order valence-electron chi connectivity index (χ4n) is 0.509. The summed E-state index contributed by atoms with van der Waals surface area (Å²) in [6, 6.07) is 0.0911. The monoisotopic (exact) mass is 145 g/mol. The SMILES string of the molecule is C#CC[Si](O)(O)CNC. The van der Waals surface area contributed by atoms with Gasteiger partial charge in [-0.2, -0.15) is 0 Å². The lowest BCUT2D eigenvalue weighted by Crippen LogP contribution is -2.44. The van der Waals surface area contributed by atoms with Gasteiger partial charge in [-0.3, -0.25) is 0 Å². The molecule has 3 nitrogen and oxygen atoms in total. The Morgan fingerprint density at radius 1 is 1.67 bits per heavy atom. The van der Waals surface area contributed by atoms with Gasteiger partial charge in [0.2, 0.25) is 0 Å². The molecule has 0 atom stereocenters. The summed E-state index contributed by atoms with van der Waals surface area (Å²) in [5, 5.41) is 2.66. The first-order valence-electron chi connectivity index (χ1n) is 2.65. The Bertz CT molecular complexity index is 119. The maximum absolute atomic E-state index is 9.00. The molecule has 0 radical (unpaired) electrons. The van der Waals surface area contributed by atoms with E-state index in [9.17, 15) is 0 Å². The van der Waals surface area contributed by atoms with E-state index >= 15 is 0 Å². The molecule has 0 aliphatic rings. The van der Waals surface area contributed by atoms with Crippen molar-refractivity contribution in [3.63, 3.8) is 0 Å². The van der Waals surface area contributed by atoms with Gasteiger partial charge in [-0.15, -0.1) is 12.3 Å². The molecule has 0 saturated carbocycles. The zero-order chi connectivity index (χ0) is 7.33. The van der Waals surface area contributed by atoms with Crippen molar-refractivity contribution < 1.29 is 9.59 Å². The average Bonchev–Trinajstić information content (AvgIpc) is 1.64. The van der Waals surface area contributed by atoms with E-state index in [-0.39, 0.29) is 12.2 Å². The minimum atomic E-state index is -3.05. The first-order chi connectivity index (χ1) is 4.12. The lowest BCUT2D eigenvalue weighted by Gasteiger charge is -2.12. The van der Waals surface area contributed by atoms with E-state index < -0.39 is 8.56 Å². The number of terminal acetylenes is 1. The summed E-state index contributed by atoms with van der Waals surface area (Å²) >= 11 is 0. The second-order valence-corrected chi connectivity index (χ2v) is 4.57. The van der Waals surface area contributed by atoms with Crippen LogP contribution in [0.15, 0.2) is 0 Å². The van der Waals surface area contributed by atoms with Gasteiger partial charge in [-0.05, 0) is 7.05 Å². The van der Waals surface area contributed by atoms with Crippen LogP contribution in [-0.2, 0) is 0 Å². The van der Waals surface area contributed by atoms with Crippen molar-refractivity contribution in [2.75, 3.05) is 13.2 Å². The zero-order valence-electron chi connectivity index (χ0n) is 5.39. The summed E-state index contributed by atoms with van der Waals surface area (Å²) < 4.78 is 0. The molecule has 4 heteroatoms. The molecule has 0 aromatic rings. The molecule has 52 valence electrons. The Hall–Kier alpha value is -0.343.